The van der Waals surface area contributed by atoms with E-state index in [-0.39, 0.29) is 0 Å². The Bertz CT molecular complexity index is 379. The summed E-state index contributed by atoms with van der Waals surface area (Å²) in [5.41, 5.74) is 0. The van der Waals surface area contributed by atoms with Crippen LogP contribution < -0.4 is 0 Å². The van der Waals surface area contributed by atoms with E-state index < -0.39 is 0 Å². The number of hydrogen-bond donors (Lipinski definition) is 0. The molecule has 0 unspecified atom stereocenters. The summed E-state index contributed by atoms with van der Waals surface area (Å²) >= 11 is 0. The van der Waals surface area contributed by atoms with Gasteiger partial charge in [0, 0.05) is 0 Å². The lowest BCUT2D eigenvalue weighted by Gasteiger charge is -2.28. The topological polar surface area (TPSA) is 0 Å². The number of allylic oxidation sites excluding steroid dienone is 4. The second-order valence-electron chi connectivity index (χ2n) is 9.82. The highest BCUT2D eigenvalue weighted by Gasteiger charge is 2.22. The van der Waals surface area contributed by atoms with Gasteiger partial charge in [-0.15, -0.1) is 0 Å². The zero-order valence-electron chi connectivity index (χ0n) is 17.7. The zero-order chi connectivity index (χ0) is 18.2. The first-order valence-corrected chi connectivity index (χ1v) is 12.1. The Morgan fingerprint density at radius 3 is 0.885 bits per heavy atom. The quantitative estimate of drug-likeness (QED) is 0.419. The molecule has 0 nitrogen and oxygen atoms in total. The Kier molecular flexibility index (Phi) is 8.34. The summed E-state index contributed by atoms with van der Waals surface area (Å²) in [5, 5.41) is 0. The number of hydrogen-bond acceptors (Lipinski definition) is 0. The summed E-state index contributed by atoms with van der Waals surface area (Å²) in [6.45, 7) is 4.73. The van der Waals surface area contributed by atoms with Crippen LogP contribution in [0.15, 0.2) is 24.3 Å². The second kappa shape index (κ2) is 10.7. The average molecular weight is 357 g/mol. The van der Waals surface area contributed by atoms with Gasteiger partial charge in [-0.05, 0) is 113 Å². The van der Waals surface area contributed by atoms with Crippen LogP contribution in [0, 0.1) is 35.5 Å². The minimum absolute atomic E-state index is 0.878. The average Bonchev–Trinajstić information content (AvgIpc) is 2.72. The highest BCUT2D eigenvalue weighted by Crippen LogP contribution is 2.35. The third-order valence-corrected chi connectivity index (χ3v) is 8.06. The molecule has 26 heavy (non-hydrogen) atoms. The lowest BCUT2D eigenvalue weighted by Crippen LogP contribution is -2.15. The van der Waals surface area contributed by atoms with Crippen molar-refractivity contribution in [2.24, 2.45) is 35.5 Å². The van der Waals surface area contributed by atoms with Crippen molar-refractivity contribution in [1.29, 1.82) is 0 Å². The minimum Gasteiger partial charge on any atom is -0.0851 e. The van der Waals surface area contributed by atoms with Crippen molar-refractivity contribution in [3.05, 3.63) is 24.3 Å². The van der Waals surface area contributed by atoms with Gasteiger partial charge >= 0.3 is 0 Å². The Labute approximate surface area is 163 Å². The minimum atomic E-state index is 0.878. The molecule has 3 aliphatic rings. The fourth-order valence-electron chi connectivity index (χ4n) is 5.74. The standard InChI is InChI=1S/C26H44/c1-3-21-5-9-23(10-6-21)13-15-25-17-19-26(20-18-25)16-14-24-11-7-22(4-2)8-12-24/h13-16,21-26H,3-12,17-20H2,1-2H3/b15-13+,16-14+. The molecule has 3 rings (SSSR count). The first-order valence-electron chi connectivity index (χ1n) is 12.1. The third kappa shape index (κ3) is 6.28. The molecule has 3 saturated carbocycles. The molecule has 0 radical (unpaired) electrons. The second-order valence-corrected chi connectivity index (χ2v) is 9.82. The molecule has 0 aromatic heterocycles. The van der Waals surface area contributed by atoms with Crippen molar-refractivity contribution in [2.75, 3.05) is 0 Å². The largest absolute Gasteiger partial charge is 0.0851 e. The van der Waals surface area contributed by atoms with E-state index in [4.69, 9.17) is 0 Å². The lowest BCUT2D eigenvalue weighted by molar-refractivity contribution is 0.299. The Morgan fingerprint density at radius 1 is 0.423 bits per heavy atom. The van der Waals surface area contributed by atoms with Gasteiger partial charge < -0.3 is 0 Å². The molecule has 0 N–H and O–H groups in total. The van der Waals surface area contributed by atoms with Crippen molar-refractivity contribution in [2.45, 2.75) is 104 Å². The summed E-state index contributed by atoms with van der Waals surface area (Å²) in [6.07, 6.45) is 30.7. The van der Waals surface area contributed by atoms with Crippen LogP contribution in [0.25, 0.3) is 0 Å². The Hall–Kier alpha value is -0.520. The van der Waals surface area contributed by atoms with Crippen molar-refractivity contribution >= 4 is 0 Å². The van der Waals surface area contributed by atoms with E-state index >= 15 is 0 Å². The highest BCUT2D eigenvalue weighted by molar-refractivity contribution is 5.00. The molecule has 0 heteroatoms. The van der Waals surface area contributed by atoms with Crippen molar-refractivity contribution in [1.82, 2.24) is 0 Å². The van der Waals surface area contributed by atoms with Gasteiger partial charge in [0.15, 0.2) is 0 Å². The first-order chi connectivity index (χ1) is 12.8. The fourth-order valence-corrected chi connectivity index (χ4v) is 5.74. The van der Waals surface area contributed by atoms with Crippen LogP contribution in [-0.4, -0.2) is 0 Å². The summed E-state index contributed by atoms with van der Waals surface area (Å²) in [7, 11) is 0. The third-order valence-electron chi connectivity index (χ3n) is 8.06. The zero-order valence-corrected chi connectivity index (χ0v) is 17.7. The van der Waals surface area contributed by atoms with Crippen LogP contribution in [0.2, 0.25) is 0 Å². The predicted octanol–water partition coefficient (Wildman–Crippen LogP) is 8.34. The van der Waals surface area contributed by atoms with Crippen LogP contribution in [0.4, 0.5) is 0 Å². The molecule has 0 saturated heterocycles. The predicted molar refractivity (Wildman–Crippen MR) is 115 cm³/mol. The first kappa shape index (κ1) is 20.2. The summed E-state index contributed by atoms with van der Waals surface area (Å²) in [4.78, 5) is 0. The monoisotopic (exact) mass is 356 g/mol. The van der Waals surface area contributed by atoms with Crippen LogP contribution in [0.1, 0.15) is 104 Å². The van der Waals surface area contributed by atoms with Crippen molar-refractivity contribution in [3.8, 4) is 0 Å². The highest BCUT2D eigenvalue weighted by atomic mass is 14.3. The van der Waals surface area contributed by atoms with E-state index in [1.165, 1.54) is 89.9 Å². The maximum absolute atomic E-state index is 2.61. The van der Waals surface area contributed by atoms with E-state index in [1.54, 1.807) is 0 Å². The van der Waals surface area contributed by atoms with Crippen molar-refractivity contribution < 1.29 is 0 Å². The number of rotatable bonds is 6. The van der Waals surface area contributed by atoms with Crippen LogP contribution in [0.5, 0.6) is 0 Å². The summed E-state index contributed by atoms with van der Waals surface area (Å²) in [5.74, 6) is 5.60. The molecule has 3 aliphatic carbocycles. The molecule has 0 aliphatic heterocycles. The van der Waals surface area contributed by atoms with Crippen LogP contribution in [-0.2, 0) is 0 Å². The van der Waals surface area contributed by atoms with E-state index in [1.807, 2.05) is 0 Å². The molecule has 0 heterocycles. The fraction of sp³-hybridized carbons (Fsp3) is 0.846. The van der Waals surface area contributed by atoms with Gasteiger partial charge in [-0.1, -0.05) is 51.0 Å². The van der Waals surface area contributed by atoms with Gasteiger partial charge in [0.2, 0.25) is 0 Å². The molecule has 0 bridgehead atoms. The van der Waals surface area contributed by atoms with Crippen LogP contribution in [0.3, 0.4) is 0 Å². The summed E-state index contributed by atoms with van der Waals surface area (Å²) < 4.78 is 0. The molecular weight excluding hydrogens is 312 g/mol. The van der Waals surface area contributed by atoms with Gasteiger partial charge in [-0.25, -0.2) is 0 Å². The van der Waals surface area contributed by atoms with Gasteiger partial charge in [-0.3, -0.25) is 0 Å². The maximum atomic E-state index is 2.61. The van der Waals surface area contributed by atoms with E-state index in [0.29, 0.717) is 0 Å². The molecule has 0 atom stereocenters. The molecule has 0 spiro atoms. The van der Waals surface area contributed by atoms with Crippen LogP contribution >= 0.6 is 0 Å². The molecule has 0 amide bonds. The molecule has 148 valence electrons. The normalized spacial score (nSPS) is 39.6. The van der Waals surface area contributed by atoms with E-state index in [2.05, 4.69) is 38.2 Å². The lowest BCUT2D eigenvalue weighted by atomic mass is 9.77. The van der Waals surface area contributed by atoms with Gasteiger partial charge in [0.05, 0.1) is 0 Å². The maximum Gasteiger partial charge on any atom is -0.0233 e. The summed E-state index contributed by atoms with van der Waals surface area (Å²) in [6, 6.07) is 0. The van der Waals surface area contributed by atoms with Gasteiger partial charge in [0.1, 0.15) is 0 Å². The Balaban J connectivity index is 1.33. The molecule has 3 fully saturated rings. The smallest absolute Gasteiger partial charge is 0.0233 e. The van der Waals surface area contributed by atoms with Gasteiger partial charge in [-0.2, -0.15) is 0 Å². The molecular formula is C26H44. The SMILES string of the molecule is CCC1CCC(/C=C/C2CCC(/C=C/C3CCC(CC)CC3)CC2)CC1. The molecule has 0 aromatic rings. The van der Waals surface area contributed by atoms with E-state index in [9.17, 15) is 0 Å². The molecule has 0 aromatic carbocycles. The van der Waals surface area contributed by atoms with E-state index in [0.717, 1.165) is 35.5 Å². The van der Waals surface area contributed by atoms with Gasteiger partial charge in [0.25, 0.3) is 0 Å². The Morgan fingerprint density at radius 2 is 0.654 bits per heavy atom. The van der Waals surface area contributed by atoms with Crippen molar-refractivity contribution in [3.63, 3.8) is 0 Å².